The van der Waals surface area contributed by atoms with E-state index < -0.39 is 0 Å². The average molecular weight is 335 g/mol. The average Bonchev–Trinajstić information content (AvgIpc) is 3.05. The van der Waals surface area contributed by atoms with E-state index in [9.17, 15) is 0 Å². The molecule has 0 saturated carbocycles. The maximum atomic E-state index is 6.17. The lowest BCUT2D eigenvalue weighted by Gasteiger charge is -2.05. The SMILES string of the molecule is Cc1c(Cl)ccc2[nH]c(-c3[c]ccc(Oc4cccnc4)c3)nc12. The normalized spacial score (nSPS) is 10.9. The van der Waals surface area contributed by atoms with Crippen LogP contribution in [0.15, 0.2) is 54.9 Å². The highest BCUT2D eigenvalue weighted by Gasteiger charge is 2.10. The number of pyridine rings is 1. The lowest BCUT2D eigenvalue weighted by atomic mass is 10.2. The van der Waals surface area contributed by atoms with Gasteiger partial charge < -0.3 is 9.72 Å². The van der Waals surface area contributed by atoms with Crippen molar-refractivity contribution in [1.29, 1.82) is 0 Å². The number of imidazole rings is 1. The highest BCUT2D eigenvalue weighted by molar-refractivity contribution is 6.32. The van der Waals surface area contributed by atoms with Crippen molar-refractivity contribution in [2.24, 2.45) is 0 Å². The van der Waals surface area contributed by atoms with Crippen molar-refractivity contribution in [3.05, 3.63) is 71.5 Å². The standard InChI is InChI=1S/C19H13ClN3O/c1-12-16(20)7-8-17-18(12)23-19(22-17)13-4-2-5-14(10-13)24-15-6-3-9-21-11-15/h2-3,5-11H,1H3,(H,22,23). The summed E-state index contributed by atoms with van der Waals surface area (Å²) in [5.41, 5.74) is 3.59. The summed E-state index contributed by atoms with van der Waals surface area (Å²) in [6.45, 7) is 1.96. The highest BCUT2D eigenvalue weighted by Crippen LogP contribution is 2.29. The number of aromatic amines is 1. The summed E-state index contributed by atoms with van der Waals surface area (Å²) in [7, 11) is 0. The molecule has 0 bridgehead atoms. The van der Waals surface area contributed by atoms with Crippen LogP contribution in [0.1, 0.15) is 5.56 Å². The molecular formula is C19H13ClN3O. The maximum absolute atomic E-state index is 6.17. The van der Waals surface area contributed by atoms with E-state index in [1.807, 2.05) is 49.4 Å². The number of hydrogen-bond acceptors (Lipinski definition) is 3. The number of fused-ring (bicyclic) bond motifs is 1. The predicted molar refractivity (Wildman–Crippen MR) is 94.4 cm³/mol. The van der Waals surface area contributed by atoms with Crippen LogP contribution in [0.4, 0.5) is 0 Å². The van der Waals surface area contributed by atoms with Gasteiger partial charge in [0.25, 0.3) is 0 Å². The van der Waals surface area contributed by atoms with Crippen LogP contribution in [0.25, 0.3) is 22.4 Å². The largest absolute Gasteiger partial charge is 0.456 e. The van der Waals surface area contributed by atoms with E-state index in [0.29, 0.717) is 16.5 Å². The lowest BCUT2D eigenvalue weighted by Crippen LogP contribution is -1.87. The first-order valence-electron chi connectivity index (χ1n) is 7.45. The Balaban J connectivity index is 1.72. The third kappa shape index (κ3) is 2.72. The molecule has 1 radical (unpaired) electrons. The Morgan fingerprint density at radius 3 is 2.92 bits per heavy atom. The lowest BCUT2D eigenvalue weighted by molar-refractivity contribution is 0.480. The predicted octanol–water partition coefficient (Wildman–Crippen LogP) is 5.18. The molecule has 0 aliphatic heterocycles. The van der Waals surface area contributed by atoms with Crippen molar-refractivity contribution in [3.8, 4) is 22.9 Å². The summed E-state index contributed by atoms with van der Waals surface area (Å²) in [4.78, 5) is 12.0. The molecule has 4 aromatic rings. The van der Waals surface area contributed by atoms with Crippen molar-refractivity contribution < 1.29 is 4.74 Å². The Morgan fingerprint density at radius 2 is 2.08 bits per heavy atom. The van der Waals surface area contributed by atoms with Gasteiger partial charge >= 0.3 is 0 Å². The van der Waals surface area contributed by atoms with Crippen molar-refractivity contribution >= 4 is 22.6 Å². The van der Waals surface area contributed by atoms with Gasteiger partial charge in [0.1, 0.15) is 17.3 Å². The number of ether oxygens (including phenoxy) is 1. The topological polar surface area (TPSA) is 50.8 Å². The molecule has 0 saturated heterocycles. The molecule has 0 fully saturated rings. The number of benzene rings is 2. The molecule has 24 heavy (non-hydrogen) atoms. The molecule has 4 rings (SSSR count). The fourth-order valence-electron chi connectivity index (χ4n) is 2.50. The number of aromatic nitrogens is 3. The van der Waals surface area contributed by atoms with Gasteiger partial charge in [0, 0.05) is 16.8 Å². The Hall–Kier alpha value is -2.85. The van der Waals surface area contributed by atoms with Crippen molar-refractivity contribution in [3.63, 3.8) is 0 Å². The van der Waals surface area contributed by atoms with Crippen molar-refractivity contribution in [2.75, 3.05) is 0 Å². The van der Waals surface area contributed by atoms with Gasteiger partial charge in [-0.1, -0.05) is 11.6 Å². The molecule has 0 atom stereocenters. The summed E-state index contributed by atoms with van der Waals surface area (Å²) in [6, 6.07) is 16.2. The zero-order chi connectivity index (χ0) is 16.5. The van der Waals surface area contributed by atoms with Crippen LogP contribution in [0, 0.1) is 13.0 Å². The summed E-state index contributed by atoms with van der Waals surface area (Å²) in [5.74, 6) is 2.11. The number of nitrogens with zero attached hydrogens (tertiary/aromatic N) is 2. The van der Waals surface area contributed by atoms with Gasteiger partial charge in [-0.05, 0) is 61.0 Å². The van der Waals surface area contributed by atoms with Crippen LogP contribution in [0.5, 0.6) is 11.5 Å². The summed E-state index contributed by atoms with van der Waals surface area (Å²) in [6.07, 6.45) is 3.38. The molecule has 0 aliphatic carbocycles. The number of hydrogen-bond donors (Lipinski definition) is 1. The Bertz CT molecular complexity index is 1010. The van der Waals surface area contributed by atoms with Gasteiger partial charge in [-0.25, -0.2) is 4.98 Å². The molecule has 4 nitrogen and oxygen atoms in total. The molecule has 0 unspecified atom stereocenters. The van der Waals surface area contributed by atoms with E-state index >= 15 is 0 Å². The molecular weight excluding hydrogens is 322 g/mol. The first kappa shape index (κ1) is 14.7. The van der Waals surface area contributed by atoms with Gasteiger partial charge in [-0.15, -0.1) is 0 Å². The minimum atomic E-state index is 0.682. The second kappa shape index (κ2) is 5.98. The second-order valence-corrected chi connectivity index (χ2v) is 5.79. The van der Waals surface area contributed by atoms with E-state index in [-0.39, 0.29) is 0 Å². The number of rotatable bonds is 3. The third-order valence-corrected chi connectivity index (χ3v) is 4.15. The van der Waals surface area contributed by atoms with Crippen LogP contribution in [-0.4, -0.2) is 15.0 Å². The van der Waals surface area contributed by atoms with Gasteiger partial charge in [0.15, 0.2) is 0 Å². The molecule has 0 amide bonds. The van der Waals surface area contributed by atoms with Crippen LogP contribution in [0.3, 0.4) is 0 Å². The van der Waals surface area contributed by atoms with Crippen molar-refractivity contribution in [2.45, 2.75) is 6.92 Å². The number of nitrogens with one attached hydrogen (secondary N) is 1. The van der Waals surface area contributed by atoms with Crippen LogP contribution >= 0.6 is 11.6 Å². The molecule has 2 aromatic heterocycles. The minimum Gasteiger partial charge on any atom is -0.456 e. The summed E-state index contributed by atoms with van der Waals surface area (Å²) in [5, 5.41) is 0.707. The Labute approximate surface area is 144 Å². The van der Waals surface area contributed by atoms with Gasteiger partial charge in [0.05, 0.1) is 17.2 Å². The number of aryl methyl sites for hydroxylation is 1. The van der Waals surface area contributed by atoms with Crippen molar-refractivity contribution in [1.82, 2.24) is 15.0 Å². The molecule has 1 N–H and O–H groups in total. The Kier molecular flexibility index (Phi) is 3.67. The van der Waals surface area contributed by atoms with Gasteiger partial charge in [0.2, 0.25) is 0 Å². The maximum Gasteiger partial charge on any atom is 0.145 e. The fraction of sp³-hybridized carbons (Fsp3) is 0.0526. The van der Waals surface area contributed by atoms with Crippen LogP contribution < -0.4 is 4.74 Å². The van der Waals surface area contributed by atoms with Crippen LogP contribution in [-0.2, 0) is 0 Å². The molecule has 0 aliphatic rings. The summed E-state index contributed by atoms with van der Waals surface area (Å²) >= 11 is 6.17. The quantitative estimate of drug-likeness (QED) is 0.561. The molecule has 0 spiro atoms. The number of H-pyrrole nitrogens is 1. The molecule has 2 aromatic carbocycles. The van der Waals surface area contributed by atoms with E-state index in [4.69, 9.17) is 16.3 Å². The molecule has 2 heterocycles. The molecule has 117 valence electrons. The van der Waals surface area contributed by atoms with E-state index in [0.717, 1.165) is 28.0 Å². The molecule has 5 heteroatoms. The minimum absolute atomic E-state index is 0.682. The van der Waals surface area contributed by atoms with Gasteiger partial charge in [-0.2, -0.15) is 0 Å². The smallest absolute Gasteiger partial charge is 0.145 e. The zero-order valence-electron chi connectivity index (χ0n) is 12.9. The highest BCUT2D eigenvalue weighted by atomic mass is 35.5. The summed E-state index contributed by atoms with van der Waals surface area (Å²) < 4.78 is 5.81. The first-order valence-corrected chi connectivity index (χ1v) is 7.83. The zero-order valence-corrected chi connectivity index (χ0v) is 13.6. The Morgan fingerprint density at radius 1 is 1.17 bits per heavy atom. The third-order valence-electron chi connectivity index (χ3n) is 3.74. The van der Waals surface area contributed by atoms with Crippen LogP contribution in [0.2, 0.25) is 5.02 Å². The fourth-order valence-corrected chi connectivity index (χ4v) is 2.66. The van der Waals surface area contributed by atoms with Gasteiger partial charge in [-0.3, -0.25) is 4.98 Å². The number of halogens is 1. The van der Waals surface area contributed by atoms with E-state index in [1.54, 1.807) is 12.4 Å². The van der Waals surface area contributed by atoms with E-state index in [2.05, 4.69) is 21.0 Å². The second-order valence-electron chi connectivity index (χ2n) is 5.38. The first-order chi connectivity index (χ1) is 11.7. The van der Waals surface area contributed by atoms with E-state index in [1.165, 1.54) is 0 Å². The monoisotopic (exact) mass is 334 g/mol.